The molecule has 0 saturated heterocycles. The minimum atomic E-state index is -1.28. The van der Waals surface area contributed by atoms with Crippen LogP contribution in [0.3, 0.4) is 0 Å². The van der Waals surface area contributed by atoms with E-state index in [4.69, 9.17) is 0 Å². The van der Waals surface area contributed by atoms with Crippen molar-refractivity contribution >= 4 is 5.91 Å². The monoisotopic (exact) mass is 918 g/mol. The summed E-state index contributed by atoms with van der Waals surface area (Å²) in [6.07, 6.45) is 65.4. The second-order valence-corrected chi connectivity index (χ2v) is 20.3. The fraction of sp³-hybridized carbons (Fsp3) is 0.915. The summed E-state index contributed by atoms with van der Waals surface area (Å²) in [4.78, 5) is 12.6. The normalized spacial score (nSPS) is 13.9. The van der Waals surface area contributed by atoms with E-state index in [1.54, 1.807) is 0 Å². The number of allylic oxidation sites excluding steroid dienone is 4. The molecule has 6 nitrogen and oxygen atoms in total. The smallest absolute Gasteiger partial charge is 0.249 e. The van der Waals surface area contributed by atoms with Crippen LogP contribution >= 0.6 is 0 Å². The van der Waals surface area contributed by atoms with Gasteiger partial charge < -0.3 is 25.7 Å². The lowest BCUT2D eigenvalue weighted by Crippen LogP contribution is -2.53. The zero-order valence-corrected chi connectivity index (χ0v) is 43.8. The topological polar surface area (TPSA) is 110 Å². The lowest BCUT2D eigenvalue weighted by atomic mass is 10.00. The van der Waals surface area contributed by atoms with Gasteiger partial charge in [-0.2, -0.15) is 0 Å². The van der Waals surface area contributed by atoms with Crippen LogP contribution in [-0.2, 0) is 4.79 Å². The number of nitrogens with one attached hydrogen (secondary N) is 1. The number of amides is 1. The van der Waals surface area contributed by atoms with E-state index in [9.17, 15) is 25.2 Å². The zero-order valence-electron chi connectivity index (χ0n) is 43.8. The molecule has 0 aliphatic carbocycles. The van der Waals surface area contributed by atoms with Crippen LogP contribution in [0, 0.1) is 0 Å². The Morgan fingerprint density at radius 2 is 0.631 bits per heavy atom. The molecule has 0 saturated carbocycles. The molecule has 0 aliphatic rings. The Balaban J connectivity index is 3.63. The van der Waals surface area contributed by atoms with Crippen LogP contribution in [0.5, 0.6) is 0 Å². The maximum Gasteiger partial charge on any atom is 0.249 e. The summed E-state index contributed by atoms with van der Waals surface area (Å²) in [5.74, 6) is -0.589. The Kier molecular flexibility index (Phi) is 52.7. The number of hydrogen-bond donors (Lipinski definition) is 5. The molecule has 0 radical (unpaired) electrons. The number of aliphatic hydroxyl groups is 4. The summed E-state index contributed by atoms with van der Waals surface area (Å²) in [7, 11) is 0. The first-order valence-electron chi connectivity index (χ1n) is 29.2. The van der Waals surface area contributed by atoms with Crippen LogP contribution in [-0.4, -0.2) is 57.3 Å². The largest absolute Gasteiger partial charge is 0.394 e. The molecule has 4 atom stereocenters. The number of carbonyl (C=O) groups is 1. The predicted molar refractivity (Wildman–Crippen MR) is 284 cm³/mol. The van der Waals surface area contributed by atoms with E-state index >= 15 is 0 Å². The van der Waals surface area contributed by atoms with Gasteiger partial charge >= 0.3 is 0 Å². The van der Waals surface area contributed by atoms with E-state index in [1.807, 2.05) is 0 Å². The quantitative estimate of drug-likeness (QED) is 0.0308. The maximum absolute atomic E-state index is 12.6. The summed E-state index contributed by atoms with van der Waals surface area (Å²) in [6.45, 7) is 4.08. The molecule has 0 fully saturated rings. The number of rotatable bonds is 54. The van der Waals surface area contributed by atoms with Gasteiger partial charge in [-0.1, -0.05) is 276 Å². The average Bonchev–Trinajstić information content (AvgIpc) is 3.31. The first-order chi connectivity index (χ1) is 32.0. The molecule has 65 heavy (non-hydrogen) atoms. The highest BCUT2D eigenvalue weighted by Crippen LogP contribution is 2.18. The summed E-state index contributed by atoms with van der Waals surface area (Å²) in [6, 6.07) is -1.00. The van der Waals surface area contributed by atoms with Gasteiger partial charge in [0.15, 0.2) is 0 Å². The fourth-order valence-corrected chi connectivity index (χ4v) is 9.29. The third kappa shape index (κ3) is 47.6. The van der Waals surface area contributed by atoms with Crippen LogP contribution in [0.25, 0.3) is 0 Å². The molecule has 0 aromatic heterocycles. The highest BCUT2D eigenvalue weighted by Gasteiger charge is 2.28. The van der Waals surface area contributed by atoms with Crippen LogP contribution in [0.1, 0.15) is 316 Å². The van der Waals surface area contributed by atoms with Gasteiger partial charge in [0.1, 0.15) is 12.2 Å². The molecular weight excluding hydrogens is 803 g/mol. The number of aliphatic hydroxyl groups excluding tert-OH is 4. The standard InChI is InChI=1S/C59H115NO5/c1-3-5-7-9-11-13-15-17-19-21-23-25-26-27-28-29-30-31-33-35-37-39-41-43-45-47-49-51-53-57(63)59(65)60-55(54-61)58(64)56(62)52-50-48-46-44-42-40-38-36-34-32-24-22-20-18-16-14-12-10-8-6-4-2/h27-28,44,46,55-58,61-64H,3-26,29-43,45,47-54H2,1-2H3,(H,60,65)/b28-27-,46-44+. The van der Waals surface area contributed by atoms with Crippen molar-refractivity contribution in [2.45, 2.75) is 340 Å². The van der Waals surface area contributed by atoms with Crippen molar-refractivity contribution in [1.29, 1.82) is 0 Å². The Hall–Kier alpha value is -1.21. The first kappa shape index (κ1) is 63.8. The van der Waals surface area contributed by atoms with Crippen LogP contribution in [0.2, 0.25) is 0 Å². The van der Waals surface area contributed by atoms with E-state index in [0.29, 0.717) is 12.8 Å². The van der Waals surface area contributed by atoms with Crippen molar-refractivity contribution in [2.75, 3.05) is 6.61 Å². The molecule has 0 spiro atoms. The Labute approximate surface area is 405 Å². The molecule has 5 N–H and O–H groups in total. The lowest BCUT2D eigenvalue weighted by molar-refractivity contribution is -0.132. The van der Waals surface area contributed by atoms with Crippen LogP contribution in [0.4, 0.5) is 0 Å². The van der Waals surface area contributed by atoms with Crippen LogP contribution in [0.15, 0.2) is 24.3 Å². The summed E-state index contributed by atoms with van der Waals surface area (Å²) in [5.41, 5.74) is 0. The summed E-state index contributed by atoms with van der Waals surface area (Å²) < 4.78 is 0. The van der Waals surface area contributed by atoms with Gasteiger partial charge in [0.05, 0.1) is 18.8 Å². The number of unbranched alkanes of at least 4 members (excludes halogenated alkanes) is 41. The highest BCUT2D eigenvalue weighted by molar-refractivity contribution is 5.80. The molecule has 4 unspecified atom stereocenters. The third-order valence-electron chi connectivity index (χ3n) is 13.9. The lowest BCUT2D eigenvalue weighted by Gasteiger charge is -2.27. The highest BCUT2D eigenvalue weighted by atomic mass is 16.3. The first-order valence-corrected chi connectivity index (χ1v) is 29.2. The molecule has 386 valence electrons. The predicted octanol–water partition coefficient (Wildman–Crippen LogP) is 17.0. The minimum absolute atomic E-state index is 0.365. The zero-order chi connectivity index (χ0) is 47.4. The SMILES string of the molecule is CCCCCCCCCCCCCC/C=C\CCCCCCCCCCCCCCC(O)C(=O)NC(CO)C(O)C(O)CCC/C=C/CCCCCCCCCCCCCCCCCC. The van der Waals surface area contributed by atoms with E-state index in [-0.39, 0.29) is 0 Å². The van der Waals surface area contributed by atoms with E-state index < -0.39 is 36.9 Å². The van der Waals surface area contributed by atoms with Crippen molar-refractivity contribution in [3.63, 3.8) is 0 Å². The number of hydrogen-bond acceptors (Lipinski definition) is 5. The Morgan fingerprint density at radius 1 is 0.369 bits per heavy atom. The molecule has 0 rings (SSSR count). The second kappa shape index (κ2) is 53.7. The van der Waals surface area contributed by atoms with Gasteiger partial charge in [-0.25, -0.2) is 0 Å². The van der Waals surface area contributed by atoms with Crippen molar-refractivity contribution < 1.29 is 25.2 Å². The third-order valence-corrected chi connectivity index (χ3v) is 13.9. The second-order valence-electron chi connectivity index (χ2n) is 20.3. The Bertz CT molecular complexity index is 986. The van der Waals surface area contributed by atoms with Crippen molar-refractivity contribution in [3.05, 3.63) is 24.3 Å². The molecule has 1 amide bonds. The van der Waals surface area contributed by atoms with Crippen molar-refractivity contribution in [1.82, 2.24) is 5.32 Å². The molecular formula is C59H115NO5. The van der Waals surface area contributed by atoms with E-state index in [2.05, 4.69) is 43.5 Å². The minimum Gasteiger partial charge on any atom is -0.394 e. The van der Waals surface area contributed by atoms with E-state index in [1.165, 1.54) is 250 Å². The van der Waals surface area contributed by atoms with Gasteiger partial charge in [0.2, 0.25) is 5.91 Å². The van der Waals surface area contributed by atoms with Gasteiger partial charge in [0, 0.05) is 0 Å². The Morgan fingerprint density at radius 3 is 0.923 bits per heavy atom. The molecule has 6 heteroatoms. The fourth-order valence-electron chi connectivity index (χ4n) is 9.29. The molecule has 0 heterocycles. The van der Waals surface area contributed by atoms with Crippen molar-refractivity contribution in [2.24, 2.45) is 0 Å². The van der Waals surface area contributed by atoms with Crippen molar-refractivity contribution in [3.8, 4) is 0 Å². The molecule has 0 aromatic rings. The molecule has 0 bridgehead atoms. The summed E-state index contributed by atoms with van der Waals surface area (Å²) in [5, 5.41) is 44.0. The maximum atomic E-state index is 12.6. The van der Waals surface area contributed by atoms with Gasteiger partial charge in [-0.3, -0.25) is 4.79 Å². The van der Waals surface area contributed by atoms with E-state index in [0.717, 1.165) is 38.5 Å². The summed E-state index contributed by atoms with van der Waals surface area (Å²) >= 11 is 0. The molecule has 0 aliphatic heterocycles. The average molecular weight is 919 g/mol. The van der Waals surface area contributed by atoms with Gasteiger partial charge in [0.25, 0.3) is 0 Å². The number of carbonyl (C=O) groups excluding carboxylic acids is 1. The molecule has 0 aromatic carbocycles. The van der Waals surface area contributed by atoms with Crippen LogP contribution < -0.4 is 5.32 Å². The van der Waals surface area contributed by atoms with Gasteiger partial charge in [-0.05, 0) is 64.2 Å². The van der Waals surface area contributed by atoms with Gasteiger partial charge in [-0.15, -0.1) is 0 Å².